The fraction of sp³-hybridized carbons (Fsp3) is 0.200. The van der Waals surface area contributed by atoms with E-state index in [1.165, 1.54) is 38.5 Å². The van der Waals surface area contributed by atoms with E-state index in [4.69, 9.17) is 9.47 Å². The molecule has 2 aromatic carbocycles. The minimum Gasteiger partial charge on any atom is -0.497 e. The van der Waals surface area contributed by atoms with Crippen molar-refractivity contribution in [1.82, 2.24) is 10.2 Å². The number of ether oxygens (including phenoxy) is 2. The number of hydrogen-bond acceptors (Lipinski definition) is 8. The summed E-state index contributed by atoms with van der Waals surface area (Å²) in [5.41, 5.74) is -0.531. The summed E-state index contributed by atoms with van der Waals surface area (Å²) in [5.74, 6) is -0.184. The molecule has 3 aromatic rings. The number of halogens is 3. The molecule has 2 N–H and O–H groups in total. The van der Waals surface area contributed by atoms with Gasteiger partial charge in [-0.1, -0.05) is 29.2 Å². The van der Waals surface area contributed by atoms with Gasteiger partial charge >= 0.3 is 6.18 Å². The van der Waals surface area contributed by atoms with Gasteiger partial charge in [-0.3, -0.25) is 14.9 Å². The monoisotopic (exact) mass is 498 g/mol. The first-order valence-electron chi connectivity index (χ1n) is 9.16. The van der Waals surface area contributed by atoms with Crippen LogP contribution in [0.5, 0.6) is 11.5 Å². The van der Waals surface area contributed by atoms with Crippen LogP contribution in [-0.2, 0) is 11.0 Å². The summed E-state index contributed by atoms with van der Waals surface area (Å²) >= 11 is 2.08. The molecule has 0 bridgehead atoms. The minimum absolute atomic E-state index is 0.0364. The van der Waals surface area contributed by atoms with E-state index in [1.807, 2.05) is 0 Å². The van der Waals surface area contributed by atoms with Crippen molar-refractivity contribution in [2.75, 3.05) is 30.6 Å². The number of nitrogens with zero attached hydrogens (tertiary/aromatic N) is 2. The van der Waals surface area contributed by atoms with E-state index in [9.17, 15) is 22.8 Å². The van der Waals surface area contributed by atoms with Crippen LogP contribution in [-0.4, -0.2) is 42.0 Å². The lowest BCUT2D eigenvalue weighted by Gasteiger charge is -2.09. The Balaban J connectivity index is 1.56. The number of amides is 2. The molecule has 1 heterocycles. The summed E-state index contributed by atoms with van der Waals surface area (Å²) in [7, 11) is 2.93. The van der Waals surface area contributed by atoms with Crippen molar-refractivity contribution in [3.8, 4) is 11.5 Å². The van der Waals surface area contributed by atoms with Crippen LogP contribution in [0.4, 0.5) is 24.0 Å². The highest BCUT2D eigenvalue weighted by Crippen LogP contribution is 2.31. The van der Waals surface area contributed by atoms with Gasteiger partial charge < -0.3 is 14.8 Å². The summed E-state index contributed by atoms with van der Waals surface area (Å²) in [6, 6.07) is 9.05. The number of nitrogens with one attached hydrogen (secondary N) is 2. The van der Waals surface area contributed by atoms with Crippen LogP contribution >= 0.6 is 23.1 Å². The van der Waals surface area contributed by atoms with Crippen LogP contribution in [0.1, 0.15) is 15.9 Å². The van der Waals surface area contributed by atoms with E-state index in [0.29, 0.717) is 15.8 Å². The van der Waals surface area contributed by atoms with Crippen molar-refractivity contribution < 1.29 is 32.2 Å². The lowest BCUT2D eigenvalue weighted by atomic mass is 10.2. The van der Waals surface area contributed by atoms with E-state index < -0.39 is 23.6 Å². The first kappa shape index (κ1) is 24.3. The Labute approximate surface area is 194 Å². The van der Waals surface area contributed by atoms with Crippen LogP contribution in [0.25, 0.3) is 0 Å². The quantitative estimate of drug-likeness (QED) is 0.347. The Morgan fingerprint density at radius 1 is 1.03 bits per heavy atom. The molecule has 3 rings (SSSR count). The average Bonchev–Trinajstić information content (AvgIpc) is 3.24. The molecule has 0 aliphatic carbocycles. The van der Waals surface area contributed by atoms with Crippen molar-refractivity contribution in [2.24, 2.45) is 0 Å². The molecule has 174 valence electrons. The van der Waals surface area contributed by atoms with Crippen molar-refractivity contribution in [3.05, 3.63) is 53.6 Å². The van der Waals surface area contributed by atoms with Crippen LogP contribution in [0.3, 0.4) is 0 Å². The van der Waals surface area contributed by atoms with Gasteiger partial charge in [0.2, 0.25) is 11.0 Å². The zero-order valence-corrected chi connectivity index (χ0v) is 18.9. The van der Waals surface area contributed by atoms with E-state index in [2.05, 4.69) is 20.8 Å². The second-order valence-electron chi connectivity index (χ2n) is 6.34. The number of alkyl halides is 3. The molecular formula is C20H17F3N4O4S2. The molecule has 0 aliphatic heterocycles. The molecule has 0 saturated heterocycles. The second kappa shape index (κ2) is 10.5. The SMILES string of the molecule is COc1cc(OC)cc(C(=O)Nc2nnc(SCC(=O)Nc3cccc(C(F)(F)F)c3)s2)c1. The lowest BCUT2D eigenvalue weighted by Crippen LogP contribution is -2.15. The standard InChI is InChI=1S/C20H17F3N4O4S2/c1-30-14-6-11(7-15(9-14)31-2)17(29)25-18-26-27-19(33-18)32-10-16(28)24-13-5-3-4-12(8-13)20(21,22)23/h3-9H,10H2,1-2H3,(H,24,28)(H,25,26,29). The molecule has 0 unspecified atom stereocenters. The Morgan fingerprint density at radius 3 is 2.36 bits per heavy atom. The number of carbonyl (C=O) groups excluding carboxylic acids is 2. The zero-order chi connectivity index (χ0) is 24.0. The van der Waals surface area contributed by atoms with Gasteiger partial charge in [0.15, 0.2) is 4.34 Å². The van der Waals surface area contributed by atoms with Crippen LogP contribution in [0, 0.1) is 0 Å². The minimum atomic E-state index is -4.50. The van der Waals surface area contributed by atoms with Gasteiger partial charge in [-0.25, -0.2) is 0 Å². The van der Waals surface area contributed by atoms with Crippen molar-refractivity contribution in [2.45, 2.75) is 10.5 Å². The van der Waals surface area contributed by atoms with Crippen molar-refractivity contribution >= 4 is 45.7 Å². The molecule has 33 heavy (non-hydrogen) atoms. The maximum atomic E-state index is 12.8. The topological polar surface area (TPSA) is 102 Å². The molecule has 0 aliphatic rings. The molecular weight excluding hydrogens is 481 g/mol. The van der Waals surface area contributed by atoms with Gasteiger partial charge in [0.05, 0.1) is 25.5 Å². The van der Waals surface area contributed by atoms with Crippen LogP contribution in [0.2, 0.25) is 0 Å². The third-order valence-corrected chi connectivity index (χ3v) is 6.01. The van der Waals surface area contributed by atoms with Gasteiger partial charge in [-0.05, 0) is 30.3 Å². The lowest BCUT2D eigenvalue weighted by molar-refractivity contribution is -0.137. The summed E-state index contributed by atoms with van der Waals surface area (Å²) in [5, 5.41) is 13.0. The summed E-state index contributed by atoms with van der Waals surface area (Å²) in [6.07, 6.45) is -4.50. The molecule has 0 radical (unpaired) electrons. The number of carbonyl (C=O) groups is 2. The molecule has 1 aromatic heterocycles. The summed E-state index contributed by atoms with van der Waals surface area (Å²) in [6.45, 7) is 0. The van der Waals surface area contributed by atoms with E-state index in [-0.39, 0.29) is 22.1 Å². The average molecular weight is 499 g/mol. The van der Waals surface area contributed by atoms with E-state index in [0.717, 1.165) is 35.2 Å². The fourth-order valence-corrected chi connectivity index (χ4v) is 4.07. The van der Waals surface area contributed by atoms with Crippen molar-refractivity contribution in [1.29, 1.82) is 0 Å². The largest absolute Gasteiger partial charge is 0.497 e. The number of rotatable bonds is 8. The highest BCUT2D eigenvalue weighted by atomic mass is 32.2. The molecule has 0 fully saturated rings. The van der Waals surface area contributed by atoms with Gasteiger partial charge in [-0.15, -0.1) is 10.2 Å². The van der Waals surface area contributed by atoms with Gasteiger partial charge in [0, 0.05) is 17.3 Å². The first-order chi connectivity index (χ1) is 15.7. The number of hydrogen-bond donors (Lipinski definition) is 2. The number of anilines is 2. The van der Waals surface area contributed by atoms with E-state index in [1.54, 1.807) is 6.07 Å². The second-order valence-corrected chi connectivity index (χ2v) is 8.54. The first-order valence-corrected chi connectivity index (χ1v) is 11.0. The number of methoxy groups -OCH3 is 2. The summed E-state index contributed by atoms with van der Waals surface area (Å²) in [4.78, 5) is 24.6. The molecule has 0 atom stereocenters. The highest BCUT2D eigenvalue weighted by molar-refractivity contribution is 8.01. The third-order valence-electron chi connectivity index (χ3n) is 4.04. The smallest absolute Gasteiger partial charge is 0.416 e. The number of thioether (sulfide) groups is 1. The van der Waals surface area contributed by atoms with Gasteiger partial charge in [0.1, 0.15) is 11.5 Å². The molecule has 0 saturated carbocycles. The highest BCUT2D eigenvalue weighted by Gasteiger charge is 2.30. The number of aromatic nitrogens is 2. The van der Waals surface area contributed by atoms with Crippen LogP contribution in [0.15, 0.2) is 46.8 Å². The van der Waals surface area contributed by atoms with Crippen molar-refractivity contribution in [3.63, 3.8) is 0 Å². The molecule has 2 amide bonds. The Kier molecular flexibility index (Phi) is 7.76. The maximum absolute atomic E-state index is 12.8. The molecule has 0 spiro atoms. The predicted octanol–water partition coefficient (Wildman–Crippen LogP) is 4.56. The third kappa shape index (κ3) is 6.83. The predicted molar refractivity (Wildman–Crippen MR) is 118 cm³/mol. The summed E-state index contributed by atoms with van der Waals surface area (Å²) < 4.78 is 49.0. The maximum Gasteiger partial charge on any atom is 0.416 e. The molecule has 8 nitrogen and oxygen atoms in total. The Bertz CT molecular complexity index is 1130. The normalized spacial score (nSPS) is 11.1. The van der Waals surface area contributed by atoms with Gasteiger partial charge in [0.25, 0.3) is 5.91 Å². The van der Waals surface area contributed by atoms with E-state index >= 15 is 0 Å². The zero-order valence-electron chi connectivity index (χ0n) is 17.2. The fourth-order valence-electron chi connectivity index (χ4n) is 2.52. The molecule has 13 heteroatoms. The Hall–Kier alpha value is -3.32. The Morgan fingerprint density at radius 2 is 1.73 bits per heavy atom. The van der Waals surface area contributed by atoms with Gasteiger partial charge in [-0.2, -0.15) is 13.2 Å². The van der Waals surface area contributed by atoms with Crippen LogP contribution < -0.4 is 20.1 Å². The number of benzene rings is 2.